The summed E-state index contributed by atoms with van der Waals surface area (Å²) in [6.07, 6.45) is 2.35. The molecule has 10 heteroatoms. The lowest BCUT2D eigenvalue weighted by atomic mass is 10.1. The molecule has 1 heterocycles. The number of carbonyl (C=O) groups excluding carboxylic acids is 4. The van der Waals surface area contributed by atoms with Crippen LogP contribution in [-0.4, -0.2) is 90.7 Å². The van der Waals surface area contributed by atoms with Crippen LogP contribution in [0, 0.1) is 11.7 Å². The SMILES string of the molecule is CC(C)CN(CC(=O)N(CCCN1CCCC1=O)CC(N)=O)C(=O)CNCCc1ccccc1F. The quantitative estimate of drug-likeness (QED) is 0.352. The Morgan fingerprint density at radius 2 is 1.89 bits per heavy atom. The van der Waals surface area contributed by atoms with Crippen molar-refractivity contribution in [3.63, 3.8) is 0 Å². The Hall–Kier alpha value is -3.01. The number of nitrogens with zero attached hydrogens (tertiary/aromatic N) is 3. The van der Waals surface area contributed by atoms with E-state index in [4.69, 9.17) is 5.73 Å². The lowest BCUT2D eigenvalue weighted by Gasteiger charge is -2.28. The van der Waals surface area contributed by atoms with Crippen molar-refractivity contribution in [1.29, 1.82) is 0 Å². The minimum absolute atomic E-state index is 0.0152. The highest BCUT2D eigenvalue weighted by Gasteiger charge is 2.24. The van der Waals surface area contributed by atoms with E-state index >= 15 is 0 Å². The summed E-state index contributed by atoms with van der Waals surface area (Å²) in [6.45, 7) is 5.81. The predicted octanol–water partition coefficient (Wildman–Crippen LogP) is 0.769. The zero-order valence-corrected chi connectivity index (χ0v) is 20.8. The van der Waals surface area contributed by atoms with E-state index in [-0.39, 0.29) is 55.6 Å². The van der Waals surface area contributed by atoms with Gasteiger partial charge in [0, 0.05) is 32.6 Å². The van der Waals surface area contributed by atoms with Gasteiger partial charge in [-0.05, 0) is 43.4 Å². The zero-order valence-electron chi connectivity index (χ0n) is 20.8. The van der Waals surface area contributed by atoms with E-state index < -0.39 is 5.91 Å². The van der Waals surface area contributed by atoms with E-state index in [1.165, 1.54) is 15.9 Å². The molecule has 0 unspecified atom stereocenters. The van der Waals surface area contributed by atoms with Gasteiger partial charge in [0.15, 0.2) is 0 Å². The maximum Gasteiger partial charge on any atom is 0.242 e. The minimum Gasteiger partial charge on any atom is -0.368 e. The molecule has 1 aliphatic heterocycles. The first-order valence-electron chi connectivity index (χ1n) is 12.2. The molecule has 1 aromatic carbocycles. The number of nitrogens with two attached hydrogens (primary N) is 1. The van der Waals surface area contributed by atoms with E-state index in [1.54, 1.807) is 23.1 Å². The van der Waals surface area contributed by atoms with E-state index in [2.05, 4.69) is 5.32 Å². The molecule has 194 valence electrons. The normalized spacial score (nSPS) is 13.4. The molecule has 0 aromatic heterocycles. The van der Waals surface area contributed by atoms with Crippen LogP contribution in [0.3, 0.4) is 0 Å². The molecule has 0 aliphatic carbocycles. The fourth-order valence-corrected chi connectivity index (χ4v) is 4.06. The summed E-state index contributed by atoms with van der Waals surface area (Å²) in [5.41, 5.74) is 5.91. The van der Waals surface area contributed by atoms with Gasteiger partial charge in [0.2, 0.25) is 23.6 Å². The van der Waals surface area contributed by atoms with Crippen molar-refractivity contribution in [1.82, 2.24) is 20.0 Å². The van der Waals surface area contributed by atoms with Crippen LogP contribution in [0.2, 0.25) is 0 Å². The maximum atomic E-state index is 13.8. The monoisotopic (exact) mass is 491 g/mol. The number of hydrogen-bond donors (Lipinski definition) is 2. The van der Waals surface area contributed by atoms with Crippen molar-refractivity contribution < 1.29 is 23.6 Å². The minimum atomic E-state index is -0.632. The summed E-state index contributed by atoms with van der Waals surface area (Å²) in [7, 11) is 0. The van der Waals surface area contributed by atoms with Gasteiger partial charge in [0.25, 0.3) is 0 Å². The van der Waals surface area contributed by atoms with Gasteiger partial charge < -0.3 is 25.8 Å². The van der Waals surface area contributed by atoms with Gasteiger partial charge in [-0.25, -0.2) is 4.39 Å². The van der Waals surface area contributed by atoms with E-state index in [0.717, 1.165) is 6.42 Å². The molecule has 0 spiro atoms. The molecule has 0 bridgehead atoms. The summed E-state index contributed by atoms with van der Waals surface area (Å²) in [5, 5.41) is 3.02. The zero-order chi connectivity index (χ0) is 25.8. The van der Waals surface area contributed by atoms with Crippen molar-refractivity contribution in [2.75, 3.05) is 52.4 Å². The van der Waals surface area contributed by atoms with Crippen molar-refractivity contribution in [3.8, 4) is 0 Å². The molecule has 9 nitrogen and oxygen atoms in total. The van der Waals surface area contributed by atoms with Crippen molar-refractivity contribution in [2.45, 2.75) is 39.5 Å². The second-order valence-corrected chi connectivity index (χ2v) is 9.31. The molecule has 3 N–H and O–H groups in total. The number of rotatable bonds is 15. The molecule has 1 aliphatic rings. The average molecular weight is 492 g/mol. The van der Waals surface area contributed by atoms with Gasteiger partial charge in [0.1, 0.15) is 5.82 Å². The molecular formula is C25H38FN5O4. The fraction of sp³-hybridized carbons (Fsp3) is 0.600. The average Bonchev–Trinajstić information content (AvgIpc) is 3.20. The lowest BCUT2D eigenvalue weighted by molar-refractivity contribution is -0.142. The van der Waals surface area contributed by atoms with E-state index in [0.29, 0.717) is 51.0 Å². The molecule has 2 rings (SSSR count). The second kappa shape index (κ2) is 14.4. The molecule has 4 amide bonds. The van der Waals surface area contributed by atoms with Gasteiger partial charge in [0.05, 0.1) is 19.6 Å². The summed E-state index contributed by atoms with van der Waals surface area (Å²) in [6, 6.07) is 6.50. The summed E-state index contributed by atoms with van der Waals surface area (Å²) in [4.78, 5) is 53.8. The summed E-state index contributed by atoms with van der Waals surface area (Å²) >= 11 is 0. The van der Waals surface area contributed by atoms with Crippen molar-refractivity contribution in [3.05, 3.63) is 35.6 Å². The van der Waals surface area contributed by atoms with Crippen LogP contribution in [0.4, 0.5) is 4.39 Å². The first-order valence-corrected chi connectivity index (χ1v) is 12.2. The number of likely N-dealkylation sites (tertiary alicyclic amines) is 1. The van der Waals surface area contributed by atoms with Gasteiger partial charge >= 0.3 is 0 Å². The Labute approximate surface area is 206 Å². The fourth-order valence-electron chi connectivity index (χ4n) is 4.06. The summed E-state index contributed by atoms with van der Waals surface area (Å²) < 4.78 is 13.8. The smallest absolute Gasteiger partial charge is 0.242 e. The van der Waals surface area contributed by atoms with Crippen molar-refractivity contribution in [2.24, 2.45) is 11.7 Å². The van der Waals surface area contributed by atoms with Crippen LogP contribution in [0.5, 0.6) is 0 Å². The number of amides is 4. The predicted molar refractivity (Wildman–Crippen MR) is 131 cm³/mol. The Kier molecular flexibility index (Phi) is 11.6. The van der Waals surface area contributed by atoms with Crippen LogP contribution in [0.15, 0.2) is 24.3 Å². The number of halogens is 1. The molecule has 0 saturated carbocycles. The first-order chi connectivity index (χ1) is 16.7. The van der Waals surface area contributed by atoms with Crippen LogP contribution in [0.1, 0.15) is 38.7 Å². The highest BCUT2D eigenvalue weighted by Crippen LogP contribution is 2.10. The third kappa shape index (κ3) is 10.0. The standard InChI is InChI=1S/C25H38FN5O4/c1-19(2)16-31(24(34)15-28-11-10-20-7-3-4-8-21(20)26)18-25(35)30(17-22(27)32)14-6-13-29-12-5-9-23(29)33/h3-4,7-8,19,28H,5-6,9-18H2,1-2H3,(H2,27,32). The highest BCUT2D eigenvalue weighted by atomic mass is 19.1. The van der Waals surface area contributed by atoms with E-state index in [1.807, 2.05) is 13.8 Å². The number of nitrogens with one attached hydrogen (secondary N) is 1. The number of primary amides is 1. The highest BCUT2D eigenvalue weighted by molar-refractivity contribution is 5.88. The van der Waals surface area contributed by atoms with E-state index in [9.17, 15) is 23.6 Å². The third-order valence-electron chi connectivity index (χ3n) is 5.80. The van der Waals surface area contributed by atoms with Crippen LogP contribution in [-0.2, 0) is 25.6 Å². The summed E-state index contributed by atoms with van der Waals surface area (Å²) in [5.74, 6) is -1.28. The third-order valence-corrected chi connectivity index (χ3v) is 5.80. The number of benzene rings is 1. The molecule has 0 atom stereocenters. The lowest BCUT2D eigenvalue weighted by Crippen LogP contribution is -2.49. The first kappa shape index (κ1) is 28.2. The Morgan fingerprint density at radius 1 is 1.14 bits per heavy atom. The van der Waals surface area contributed by atoms with Gasteiger partial charge in [-0.1, -0.05) is 32.0 Å². The molecule has 1 aromatic rings. The largest absolute Gasteiger partial charge is 0.368 e. The van der Waals surface area contributed by atoms with Gasteiger partial charge in [-0.3, -0.25) is 19.2 Å². The molecule has 0 radical (unpaired) electrons. The molecular weight excluding hydrogens is 453 g/mol. The van der Waals surface area contributed by atoms with Crippen LogP contribution >= 0.6 is 0 Å². The van der Waals surface area contributed by atoms with Crippen LogP contribution in [0.25, 0.3) is 0 Å². The van der Waals surface area contributed by atoms with Gasteiger partial charge in [-0.15, -0.1) is 0 Å². The van der Waals surface area contributed by atoms with Crippen LogP contribution < -0.4 is 11.1 Å². The Morgan fingerprint density at radius 3 is 2.51 bits per heavy atom. The van der Waals surface area contributed by atoms with Gasteiger partial charge in [-0.2, -0.15) is 0 Å². The molecule has 35 heavy (non-hydrogen) atoms. The topological polar surface area (TPSA) is 116 Å². The molecule has 1 saturated heterocycles. The Balaban J connectivity index is 1.88. The maximum absolute atomic E-state index is 13.8. The second-order valence-electron chi connectivity index (χ2n) is 9.31. The number of carbonyl (C=O) groups is 4. The number of hydrogen-bond acceptors (Lipinski definition) is 5. The Bertz CT molecular complexity index is 879. The van der Waals surface area contributed by atoms with Crippen molar-refractivity contribution >= 4 is 23.6 Å². The molecule has 1 fully saturated rings.